The molecule has 4 rings (SSSR count). The van der Waals surface area contributed by atoms with Crippen molar-refractivity contribution in [1.82, 2.24) is 15.3 Å². The largest absolute Gasteiger partial charge is 0.493 e. The third-order valence-electron chi connectivity index (χ3n) is 7.01. The van der Waals surface area contributed by atoms with Gasteiger partial charge in [0.15, 0.2) is 5.88 Å². The molecule has 10 heteroatoms. The predicted octanol–water partition coefficient (Wildman–Crippen LogP) is 2.69. The first kappa shape index (κ1) is 24.2. The molecular formula is C24H32ClN7O2. The lowest BCUT2D eigenvalue weighted by molar-refractivity contribution is 0.153. The smallest absolute Gasteiger partial charge is 0.192 e. The summed E-state index contributed by atoms with van der Waals surface area (Å²) >= 11 is 6.67. The molecule has 1 aromatic rings. The number of fused-ring (bicyclic) bond motifs is 1. The van der Waals surface area contributed by atoms with Crippen LogP contribution >= 0.6 is 11.6 Å². The number of likely N-dealkylation sites (N-methyl/N-ethyl adjacent to an activating group) is 1. The molecule has 3 aliphatic heterocycles. The first-order valence-corrected chi connectivity index (χ1v) is 11.9. The van der Waals surface area contributed by atoms with Gasteiger partial charge in [-0.1, -0.05) is 18.5 Å². The molecule has 0 saturated carbocycles. The van der Waals surface area contributed by atoms with E-state index in [1.807, 2.05) is 31.0 Å². The highest BCUT2D eigenvalue weighted by atomic mass is 35.5. The minimum absolute atomic E-state index is 0.0748. The molecule has 2 atom stereocenters. The fraction of sp³-hybridized carbons (Fsp3) is 0.500. The van der Waals surface area contributed by atoms with Gasteiger partial charge in [-0.05, 0) is 39.5 Å². The summed E-state index contributed by atoms with van der Waals surface area (Å²) in [6.07, 6.45) is 1.92. The van der Waals surface area contributed by atoms with Crippen LogP contribution in [0.2, 0.25) is 5.02 Å². The molecule has 0 amide bonds. The second kappa shape index (κ2) is 9.02. The van der Waals surface area contributed by atoms with Crippen molar-refractivity contribution in [1.29, 1.82) is 10.7 Å². The van der Waals surface area contributed by atoms with Crippen molar-refractivity contribution in [2.75, 3.05) is 32.8 Å². The number of amidine groups is 1. The molecule has 2 unspecified atom stereocenters. The maximum Gasteiger partial charge on any atom is 0.192 e. The van der Waals surface area contributed by atoms with Gasteiger partial charge in [0, 0.05) is 30.1 Å². The monoisotopic (exact) mass is 485 g/mol. The van der Waals surface area contributed by atoms with E-state index in [2.05, 4.69) is 23.3 Å². The number of halogens is 1. The summed E-state index contributed by atoms with van der Waals surface area (Å²) in [4.78, 5) is 2.32. The van der Waals surface area contributed by atoms with E-state index in [1.54, 1.807) is 6.92 Å². The minimum Gasteiger partial charge on any atom is -0.493 e. The highest BCUT2D eigenvalue weighted by molar-refractivity contribution is 6.32. The lowest BCUT2D eigenvalue weighted by atomic mass is 9.85. The van der Waals surface area contributed by atoms with Crippen LogP contribution < -0.4 is 21.6 Å². The van der Waals surface area contributed by atoms with Crippen molar-refractivity contribution in [2.24, 2.45) is 11.5 Å². The molecule has 6 N–H and O–H groups in total. The SMILES string of the molecule is CCOc1c(C(C)N2NC(C)(C(=N)N)C3=C(N)OCC=C32)cc(Cl)c(C#N)c1C1CN(CC)C1. The maximum absolute atomic E-state index is 9.93. The van der Waals surface area contributed by atoms with Crippen LogP contribution in [-0.4, -0.2) is 54.1 Å². The van der Waals surface area contributed by atoms with Gasteiger partial charge >= 0.3 is 0 Å². The highest BCUT2D eigenvalue weighted by Crippen LogP contribution is 2.47. The van der Waals surface area contributed by atoms with E-state index in [0.717, 1.165) is 36.5 Å². The Bertz CT molecular complexity index is 1120. The fourth-order valence-electron chi connectivity index (χ4n) is 5.03. The number of nitrogens with two attached hydrogens (primary N) is 2. The molecule has 3 heterocycles. The van der Waals surface area contributed by atoms with Crippen LogP contribution in [0.15, 0.2) is 29.3 Å². The summed E-state index contributed by atoms with van der Waals surface area (Å²) in [5, 5.41) is 20.5. The standard InChI is InChI=1S/C24H32ClN7O2/c1-5-31-11-14(12-31)19-16(10-26)17(25)9-15(21(19)33-6-2)13(3)32-18-7-8-34-22(27)20(18)24(4,30-32)23(28)29/h7,9,13-14,30H,5-6,8,11-12,27H2,1-4H3,(H3,28,29). The summed E-state index contributed by atoms with van der Waals surface area (Å²) in [6.45, 7) is 11.3. The number of hydrazine groups is 1. The molecule has 2 fully saturated rings. The summed E-state index contributed by atoms with van der Waals surface area (Å²) in [5.41, 5.74) is 18.2. The van der Waals surface area contributed by atoms with Gasteiger partial charge < -0.3 is 25.8 Å². The van der Waals surface area contributed by atoms with Crippen molar-refractivity contribution >= 4 is 17.4 Å². The van der Waals surface area contributed by atoms with Crippen molar-refractivity contribution in [2.45, 2.75) is 45.2 Å². The maximum atomic E-state index is 9.93. The Morgan fingerprint density at radius 3 is 2.76 bits per heavy atom. The Morgan fingerprint density at radius 2 is 2.18 bits per heavy atom. The Balaban J connectivity index is 1.83. The molecule has 0 bridgehead atoms. The third-order valence-corrected chi connectivity index (χ3v) is 7.31. The van der Waals surface area contributed by atoms with Crippen LogP contribution in [0.5, 0.6) is 5.75 Å². The number of benzene rings is 1. The lowest BCUT2D eigenvalue weighted by Gasteiger charge is -2.40. The first-order valence-electron chi connectivity index (χ1n) is 11.5. The topological polar surface area (TPSA) is 137 Å². The van der Waals surface area contributed by atoms with E-state index < -0.39 is 5.54 Å². The zero-order valence-corrected chi connectivity index (χ0v) is 20.8. The Morgan fingerprint density at radius 1 is 1.47 bits per heavy atom. The molecule has 34 heavy (non-hydrogen) atoms. The second-order valence-corrected chi connectivity index (χ2v) is 9.40. The number of nitrogens with one attached hydrogen (secondary N) is 2. The summed E-state index contributed by atoms with van der Waals surface area (Å²) < 4.78 is 11.8. The molecule has 9 nitrogen and oxygen atoms in total. The van der Waals surface area contributed by atoms with Crippen molar-refractivity contribution in [3.8, 4) is 11.8 Å². The average molecular weight is 486 g/mol. The van der Waals surface area contributed by atoms with Crippen LogP contribution in [0, 0.1) is 16.7 Å². The van der Waals surface area contributed by atoms with Gasteiger partial charge in [0.25, 0.3) is 0 Å². The number of hydrogen-bond acceptors (Lipinski definition) is 8. The number of rotatable bonds is 7. The van der Waals surface area contributed by atoms with Gasteiger partial charge in [0.1, 0.15) is 29.8 Å². The van der Waals surface area contributed by atoms with Crippen molar-refractivity contribution < 1.29 is 9.47 Å². The second-order valence-electron chi connectivity index (χ2n) is 9.00. The Labute approximate surface area is 205 Å². The first-order chi connectivity index (χ1) is 16.2. The Hall–Kier alpha value is -2.93. The highest BCUT2D eigenvalue weighted by Gasteiger charge is 2.49. The lowest BCUT2D eigenvalue weighted by Crippen LogP contribution is -2.53. The molecule has 3 aliphatic rings. The van der Waals surface area contributed by atoms with Crippen LogP contribution in [0.4, 0.5) is 0 Å². The van der Waals surface area contributed by atoms with E-state index in [9.17, 15) is 5.26 Å². The van der Waals surface area contributed by atoms with Gasteiger partial charge in [-0.3, -0.25) is 10.4 Å². The summed E-state index contributed by atoms with van der Waals surface area (Å²) in [5.74, 6) is 1.04. The van der Waals surface area contributed by atoms with Crippen molar-refractivity contribution in [3.63, 3.8) is 0 Å². The summed E-state index contributed by atoms with van der Waals surface area (Å²) in [6, 6.07) is 3.84. The van der Waals surface area contributed by atoms with E-state index in [4.69, 9.17) is 38.0 Å². The van der Waals surface area contributed by atoms with Gasteiger partial charge in [0.2, 0.25) is 0 Å². The number of ether oxygens (including phenoxy) is 2. The van der Waals surface area contributed by atoms with Gasteiger partial charge in [-0.15, -0.1) is 0 Å². The van der Waals surface area contributed by atoms with Gasteiger partial charge in [-0.2, -0.15) is 5.26 Å². The van der Waals surface area contributed by atoms with E-state index >= 15 is 0 Å². The number of likely N-dealkylation sites (tertiary alicyclic amines) is 1. The van der Waals surface area contributed by atoms with Crippen LogP contribution in [-0.2, 0) is 4.74 Å². The molecule has 0 radical (unpaired) electrons. The molecule has 0 aromatic heterocycles. The van der Waals surface area contributed by atoms with Crippen LogP contribution in [0.1, 0.15) is 56.3 Å². The number of nitriles is 1. The molecule has 2 saturated heterocycles. The third kappa shape index (κ3) is 3.66. The summed E-state index contributed by atoms with van der Waals surface area (Å²) in [7, 11) is 0. The average Bonchev–Trinajstić information content (AvgIpc) is 3.09. The fourth-order valence-corrected chi connectivity index (χ4v) is 5.29. The quantitative estimate of drug-likeness (QED) is 0.342. The molecule has 1 aromatic carbocycles. The minimum atomic E-state index is -1.02. The van der Waals surface area contributed by atoms with Crippen LogP contribution in [0.25, 0.3) is 0 Å². The molecular weight excluding hydrogens is 454 g/mol. The van der Waals surface area contributed by atoms with Crippen LogP contribution in [0.3, 0.4) is 0 Å². The zero-order valence-electron chi connectivity index (χ0n) is 20.0. The normalized spacial score (nSPS) is 23.5. The number of nitrogens with zero attached hydrogens (tertiary/aromatic N) is 3. The molecule has 182 valence electrons. The molecule has 0 spiro atoms. The van der Waals surface area contributed by atoms with Gasteiger partial charge in [0.05, 0.1) is 34.5 Å². The van der Waals surface area contributed by atoms with Gasteiger partial charge in [-0.25, -0.2) is 5.43 Å². The van der Waals surface area contributed by atoms with E-state index in [-0.39, 0.29) is 23.7 Å². The zero-order chi connectivity index (χ0) is 24.8. The van der Waals surface area contributed by atoms with E-state index in [1.165, 1.54) is 0 Å². The Kier molecular flexibility index (Phi) is 6.42. The van der Waals surface area contributed by atoms with E-state index in [0.29, 0.717) is 35.1 Å². The molecule has 0 aliphatic carbocycles. The number of hydrogen-bond donors (Lipinski definition) is 4. The van der Waals surface area contributed by atoms with Crippen molar-refractivity contribution in [3.05, 3.63) is 51.0 Å². The predicted molar refractivity (Wildman–Crippen MR) is 131 cm³/mol.